The molecule has 2 aromatic carbocycles. The first-order chi connectivity index (χ1) is 14.4. The van der Waals surface area contributed by atoms with Gasteiger partial charge < -0.3 is 9.88 Å². The van der Waals surface area contributed by atoms with E-state index in [9.17, 15) is 13.7 Å². The van der Waals surface area contributed by atoms with Gasteiger partial charge in [-0.2, -0.15) is 9.57 Å². The number of aromatic nitrogens is 2. The topological polar surface area (TPSA) is 91.0 Å². The van der Waals surface area contributed by atoms with Crippen molar-refractivity contribution < 1.29 is 8.42 Å². The van der Waals surface area contributed by atoms with E-state index in [4.69, 9.17) is 0 Å². The molecule has 0 unspecified atom stereocenters. The summed E-state index contributed by atoms with van der Waals surface area (Å²) in [6.45, 7) is 2.64. The number of imidazole rings is 1. The molecule has 0 radical (unpaired) electrons. The number of anilines is 1. The van der Waals surface area contributed by atoms with Crippen molar-refractivity contribution in [1.82, 2.24) is 13.9 Å². The highest BCUT2D eigenvalue weighted by Gasteiger charge is 2.41. The van der Waals surface area contributed by atoms with Crippen molar-refractivity contribution in [3.8, 4) is 6.07 Å². The molecule has 30 heavy (non-hydrogen) atoms. The lowest BCUT2D eigenvalue weighted by molar-refractivity contribution is 0.468. The Morgan fingerprint density at radius 3 is 2.60 bits per heavy atom. The highest BCUT2D eigenvalue weighted by atomic mass is 32.2. The first kappa shape index (κ1) is 20.1. The lowest BCUT2D eigenvalue weighted by Gasteiger charge is -2.22. The molecular formula is C22H23N5O2S. The van der Waals surface area contributed by atoms with Crippen LogP contribution in [0.4, 0.5) is 5.69 Å². The number of nitriles is 1. The Morgan fingerprint density at radius 2 is 1.93 bits per heavy atom. The Morgan fingerprint density at radius 1 is 1.17 bits per heavy atom. The van der Waals surface area contributed by atoms with E-state index in [1.807, 2.05) is 49.4 Å². The third kappa shape index (κ3) is 3.82. The molecule has 154 valence electrons. The smallest absolute Gasteiger partial charge is 0.262 e. The van der Waals surface area contributed by atoms with Crippen molar-refractivity contribution in [1.29, 1.82) is 5.26 Å². The van der Waals surface area contributed by atoms with E-state index in [0.29, 0.717) is 18.7 Å². The van der Waals surface area contributed by atoms with Crippen molar-refractivity contribution in [2.24, 2.45) is 7.05 Å². The Kier molecular flexibility index (Phi) is 5.33. The van der Waals surface area contributed by atoms with Crippen LogP contribution < -0.4 is 5.32 Å². The Bertz CT molecular complexity index is 1200. The van der Waals surface area contributed by atoms with E-state index < -0.39 is 10.0 Å². The molecule has 8 heteroatoms. The fourth-order valence-electron chi connectivity index (χ4n) is 3.85. The monoisotopic (exact) mass is 421 g/mol. The third-order valence-electron chi connectivity index (χ3n) is 5.51. The normalized spacial score (nSPS) is 19.5. The van der Waals surface area contributed by atoms with Crippen molar-refractivity contribution >= 4 is 15.7 Å². The van der Waals surface area contributed by atoms with E-state index in [1.54, 1.807) is 17.7 Å². The molecule has 1 fully saturated rings. The van der Waals surface area contributed by atoms with Crippen LogP contribution in [0.2, 0.25) is 0 Å². The standard InChI is InChI=1S/C22H23N5O2S/c1-16-8-9-17(11-23)10-20(16)25-21-13-27(12-19(21)18-6-4-3-5-7-18)30(28,29)22-14-26(2)15-24-22/h3-10,14-15,19,21,25H,12-13H2,1-2H3/t19-,21+/m1/s1. The largest absolute Gasteiger partial charge is 0.380 e. The number of rotatable bonds is 5. The maximum absolute atomic E-state index is 13.2. The van der Waals surface area contributed by atoms with Gasteiger partial charge >= 0.3 is 0 Å². The zero-order chi connectivity index (χ0) is 21.3. The Labute approximate surface area is 176 Å². The number of aryl methyl sites for hydroxylation is 2. The van der Waals surface area contributed by atoms with Crippen LogP contribution in [-0.2, 0) is 17.1 Å². The number of nitrogens with zero attached hydrogens (tertiary/aromatic N) is 4. The summed E-state index contributed by atoms with van der Waals surface area (Å²) >= 11 is 0. The summed E-state index contributed by atoms with van der Waals surface area (Å²) < 4.78 is 29.5. The summed E-state index contributed by atoms with van der Waals surface area (Å²) in [6.07, 6.45) is 3.01. The fraction of sp³-hybridized carbons (Fsp3) is 0.273. The number of benzene rings is 2. The van der Waals surface area contributed by atoms with Gasteiger partial charge in [0, 0.05) is 44.0 Å². The minimum absolute atomic E-state index is 0.0326. The van der Waals surface area contributed by atoms with E-state index >= 15 is 0 Å². The SMILES string of the molecule is Cc1ccc(C#N)cc1N[C@H]1CN(S(=O)(=O)c2cn(C)cn2)C[C@@H]1c1ccccc1. The molecule has 7 nitrogen and oxygen atoms in total. The van der Waals surface area contributed by atoms with Gasteiger partial charge in [-0.15, -0.1) is 0 Å². The maximum atomic E-state index is 13.2. The van der Waals surface area contributed by atoms with Crippen molar-refractivity contribution in [3.05, 3.63) is 77.7 Å². The molecule has 1 aromatic heterocycles. The zero-order valence-corrected chi connectivity index (χ0v) is 17.7. The molecule has 1 aliphatic rings. The van der Waals surface area contributed by atoms with Crippen LogP contribution in [0.15, 0.2) is 66.1 Å². The molecular weight excluding hydrogens is 398 g/mol. The third-order valence-corrected chi connectivity index (χ3v) is 7.22. The van der Waals surface area contributed by atoms with Crippen LogP contribution in [0, 0.1) is 18.3 Å². The zero-order valence-electron chi connectivity index (χ0n) is 16.9. The number of hydrogen-bond donors (Lipinski definition) is 1. The molecule has 1 N–H and O–H groups in total. The first-order valence-electron chi connectivity index (χ1n) is 9.69. The Hall–Kier alpha value is -3.15. The van der Waals surface area contributed by atoms with Gasteiger partial charge in [-0.3, -0.25) is 0 Å². The van der Waals surface area contributed by atoms with E-state index in [1.165, 1.54) is 16.8 Å². The fourth-order valence-corrected chi connectivity index (χ4v) is 5.31. The molecule has 0 aliphatic carbocycles. The van der Waals surface area contributed by atoms with Crippen LogP contribution in [-0.4, -0.2) is 41.4 Å². The summed E-state index contributed by atoms with van der Waals surface area (Å²) in [5, 5.41) is 12.8. The second-order valence-corrected chi connectivity index (χ2v) is 9.49. The Balaban J connectivity index is 1.68. The van der Waals surface area contributed by atoms with Gasteiger partial charge in [0.2, 0.25) is 0 Å². The highest BCUT2D eigenvalue weighted by molar-refractivity contribution is 7.89. The van der Waals surface area contributed by atoms with E-state index in [0.717, 1.165) is 16.8 Å². The average Bonchev–Trinajstić information content (AvgIpc) is 3.37. The van der Waals surface area contributed by atoms with Crippen LogP contribution >= 0.6 is 0 Å². The molecule has 0 amide bonds. The number of nitrogens with one attached hydrogen (secondary N) is 1. The van der Waals surface area contributed by atoms with Crippen LogP contribution in [0.5, 0.6) is 0 Å². The van der Waals surface area contributed by atoms with E-state index in [-0.39, 0.29) is 17.0 Å². The molecule has 0 spiro atoms. The van der Waals surface area contributed by atoms with Gasteiger partial charge in [0.05, 0.1) is 18.0 Å². The molecule has 4 rings (SSSR count). The number of sulfonamides is 1. The quantitative estimate of drug-likeness (QED) is 0.684. The second kappa shape index (κ2) is 7.94. The van der Waals surface area contributed by atoms with Crippen LogP contribution in [0.3, 0.4) is 0 Å². The van der Waals surface area contributed by atoms with Gasteiger partial charge in [0.1, 0.15) is 0 Å². The lowest BCUT2D eigenvalue weighted by Crippen LogP contribution is -2.32. The molecule has 0 saturated carbocycles. The average molecular weight is 422 g/mol. The van der Waals surface area contributed by atoms with E-state index in [2.05, 4.69) is 16.4 Å². The molecule has 1 aliphatic heterocycles. The van der Waals surface area contributed by atoms with Gasteiger partial charge in [0.15, 0.2) is 5.03 Å². The summed E-state index contributed by atoms with van der Waals surface area (Å²) in [7, 11) is -1.95. The lowest BCUT2D eigenvalue weighted by atomic mass is 9.94. The second-order valence-electron chi connectivity index (χ2n) is 7.61. The summed E-state index contributed by atoms with van der Waals surface area (Å²) in [5.41, 5.74) is 3.49. The summed E-state index contributed by atoms with van der Waals surface area (Å²) in [6, 6.07) is 17.4. The molecule has 2 heterocycles. The molecule has 3 aromatic rings. The highest BCUT2D eigenvalue weighted by Crippen LogP contribution is 2.33. The molecule has 1 saturated heterocycles. The predicted molar refractivity (Wildman–Crippen MR) is 114 cm³/mol. The van der Waals surface area contributed by atoms with Crippen LogP contribution in [0.25, 0.3) is 0 Å². The van der Waals surface area contributed by atoms with Gasteiger partial charge in [-0.25, -0.2) is 13.4 Å². The minimum atomic E-state index is -3.70. The number of hydrogen-bond acceptors (Lipinski definition) is 5. The van der Waals surface area contributed by atoms with Crippen molar-refractivity contribution in [3.63, 3.8) is 0 Å². The minimum Gasteiger partial charge on any atom is -0.380 e. The molecule has 0 bridgehead atoms. The first-order valence-corrected chi connectivity index (χ1v) is 11.1. The van der Waals surface area contributed by atoms with Gasteiger partial charge in [0.25, 0.3) is 10.0 Å². The van der Waals surface area contributed by atoms with Gasteiger partial charge in [-0.05, 0) is 30.2 Å². The van der Waals surface area contributed by atoms with Gasteiger partial charge in [-0.1, -0.05) is 36.4 Å². The summed E-state index contributed by atoms with van der Waals surface area (Å²) in [5.74, 6) is -0.0326. The van der Waals surface area contributed by atoms with Crippen molar-refractivity contribution in [2.45, 2.75) is 23.9 Å². The summed E-state index contributed by atoms with van der Waals surface area (Å²) in [4.78, 5) is 4.05. The van der Waals surface area contributed by atoms with Crippen LogP contribution in [0.1, 0.15) is 22.6 Å². The maximum Gasteiger partial charge on any atom is 0.262 e. The predicted octanol–water partition coefficient (Wildman–Crippen LogP) is 2.87. The molecule has 2 atom stereocenters. The van der Waals surface area contributed by atoms with Crippen molar-refractivity contribution in [2.75, 3.05) is 18.4 Å².